The fourth-order valence-electron chi connectivity index (χ4n) is 4.18. The Labute approximate surface area is 198 Å². The van der Waals surface area contributed by atoms with Gasteiger partial charge in [-0.05, 0) is 53.6 Å². The smallest absolute Gasteiger partial charge is 0.101 e. The van der Waals surface area contributed by atoms with Crippen LogP contribution in [-0.4, -0.2) is 36.2 Å². The lowest BCUT2D eigenvalue weighted by atomic mass is 9.99. The van der Waals surface area contributed by atoms with E-state index in [1.54, 1.807) is 18.2 Å². The lowest BCUT2D eigenvalue weighted by molar-refractivity contribution is 0.100. The molecule has 0 saturated carbocycles. The SMILES string of the molecule is N#Cc1cc(Cl)ccc1N1CCN(CC(O)c2ccc(N)cc2)CC1c1ccc(Cl)cc1. The standard InChI is InChI=1S/C25H24Cl2N4O/c26-20-5-1-17(2-6-20)24-15-30(16-25(32)18-3-8-22(29)9-4-18)11-12-31(24)23-10-7-21(27)13-19(23)14-28/h1-10,13,24-25,32H,11-12,15-16,29H2. The molecular formula is C25H24Cl2N4O. The summed E-state index contributed by atoms with van der Waals surface area (Å²) >= 11 is 12.2. The fraction of sp³-hybridized carbons (Fsp3) is 0.240. The molecule has 1 heterocycles. The van der Waals surface area contributed by atoms with Crippen molar-refractivity contribution in [2.75, 3.05) is 36.8 Å². The molecule has 3 N–H and O–H groups in total. The van der Waals surface area contributed by atoms with Gasteiger partial charge in [0.2, 0.25) is 0 Å². The largest absolute Gasteiger partial charge is 0.399 e. The van der Waals surface area contributed by atoms with Gasteiger partial charge in [-0.25, -0.2) is 0 Å². The minimum atomic E-state index is -0.613. The van der Waals surface area contributed by atoms with Crippen LogP contribution in [0.25, 0.3) is 0 Å². The summed E-state index contributed by atoms with van der Waals surface area (Å²) in [7, 11) is 0. The van der Waals surface area contributed by atoms with Gasteiger partial charge in [0.05, 0.1) is 23.4 Å². The topological polar surface area (TPSA) is 76.5 Å². The van der Waals surface area contributed by atoms with E-state index in [2.05, 4.69) is 15.9 Å². The van der Waals surface area contributed by atoms with Gasteiger partial charge in [0.15, 0.2) is 0 Å². The number of hydrogen-bond donors (Lipinski definition) is 2. The van der Waals surface area contributed by atoms with E-state index in [0.717, 1.165) is 23.4 Å². The minimum absolute atomic E-state index is 0.00656. The van der Waals surface area contributed by atoms with Crippen molar-refractivity contribution < 1.29 is 5.11 Å². The zero-order valence-corrected chi connectivity index (χ0v) is 19.0. The van der Waals surface area contributed by atoms with Crippen LogP contribution < -0.4 is 10.6 Å². The van der Waals surface area contributed by atoms with Gasteiger partial charge in [-0.3, -0.25) is 4.90 Å². The highest BCUT2D eigenvalue weighted by atomic mass is 35.5. The summed E-state index contributed by atoms with van der Waals surface area (Å²) in [6.45, 7) is 2.66. The maximum Gasteiger partial charge on any atom is 0.101 e. The zero-order valence-electron chi connectivity index (χ0n) is 17.5. The number of hydrogen-bond acceptors (Lipinski definition) is 5. The molecule has 5 nitrogen and oxygen atoms in total. The second kappa shape index (κ2) is 9.81. The number of nitrogens with two attached hydrogens (primary N) is 1. The molecule has 3 aromatic rings. The molecule has 0 aromatic heterocycles. The number of piperazine rings is 1. The van der Waals surface area contributed by atoms with Crippen molar-refractivity contribution in [3.05, 3.63) is 93.5 Å². The monoisotopic (exact) mass is 466 g/mol. The number of aliphatic hydroxyl groups excluding tert-OH is 1. The summed E-state index contributed by atoms with van der Waals surface area (Å²) in [5.41, 5.74) is 9.79. The van der Waals surface area contributed by atoms with Crippen LogP contribution in [0.1, 0.15) is 28.8 Å². The molecule has 0 bridgehead atoms. The Balaban J connectivity index is 1.60. The maximum atomic E-state index is 10.8. The first-order chi connectivity index (χ1) is 15.4. The molecule has 2 atom stereocenters. The molecule has 32 heavy (non-hydrogen) atoms. The van der Waals surface area contributed by atoms with Crippen molar-refractivity contribution in [3.8, 4) is 6.07 Å². The van der Waals surface area contributed by atoms with Gasteiger partial charge >= 0.3 is 0 Å². The van der Waals surface area contributed by atoms with Crippen LogP contribution in [0.2, 0.25) is 10.0 Å². The Morgan fingerprint density at radius 2 is 1.69 bits per heavy atom. The van der Waals surface area contributed by atoms with E-state index in [1.165, 1.54) is 0 Å². The second-order valence-electron chi connectivity index (χ2n) is 7.98. The van der Waals surface area contributed by atoms with Gasteiger partial charge in [0, 0.05) is 41.9 Å². The van der Waals surface area contributed by atoms with E-state index in [0.29, 0.717) is 40.9 Å². The molecule has 1 aliphatic rings. The molecule has 164 valence electrons. The van der Waals surface area contributed by atoms with Gasteiger partial charge in [0.25, 0.3) is 0 Å². The molecule has 3 aromatic carbocycles. The summed E-state index contributed by atoms with van der Waals surface area (Å²) in [6, 6.07) is 22.8. The van der Waals surface area contributed by atoms with E-state index >= 15 is 0 Å². The minimum Gasteiger partial charge on any atom is -0.399 e. The quantitative estimate of drug-likeness (QED) is 0.514. The summed E-state index contributed by atoms with van der Waals surface area (Å²) in [6.07, 6.45) is -0.613. The van der Waals surface area contributed by atoms with Crippen LogP contribution in [0.5, 0.6) is 0 Å². The Morgan fingerprint density at radius 3 is 2.38 bits per heavy atom. The highest BCUT2D eigenvalue weighted by Gasteiger charge is 2.31. The highest BCUT2D eigenvalue weighted by Crippen LogP contribution is 2.35. The molecule has 2 unspecified atom stereocenters. The number of nitriles is 1. The number of aliphatic hydroxyl groups is 1. The first-order valence-corrected chi connectivity index (χ1v) is 11.2. The van der Waals surface area contributed by atoms with Gasteiger partial charge in [-0.1, -0.05) is 47.5 Å². The maximum absolute atomic E-state index is 10.8. The number of rotatable bonds is 5. The summed E-state index contributed by atoms with van der Waals surface area (Å²) in [5.74, 6) is 0. The third-order valence-corrected chi connectivity index (χ3v) is 6.35. The van der Waals surface area contributed by atoms with Gasteiger partial charge in [0.1, 0.15) is 6.07 Å². The van der Waals surface area contributed by atoms with Crippen LogP contribution in [0.3, 0.4) is 0 Å². The number of nitrogen functional groups attached to an aromatic ring is 1. The van der Waals surface area contributed by atoms with E-state index in [4.69, 9.17) is 28.9 Å². The molecule has 7 heteroatoms. The Morgan fingerprint density at radius 1 is 1.00 bits per heavy atom. The number of halogens is 2. The Kier molecular flexibility index (Phi) is 6.88. The number of anilines is 2. The lowest BCUT2D eigenvalue weighted by Gasteiger charge is -2.44. The van der Waals surface area contributed by atoms with Gasteiger partial charge < -0.3 is 15.7 Å². The van der Waals surface area contributed by atoms with Crippen molar-refractivity contribution in [3.63, 3.8) is 0 Å². The number of β-amino-alcohol motifs (C(OH)–C–C–N with tert-alkyl or cyclic N) is 1. The molecule has 1 aliphatic heterocycles. The lowest BCUT2D eigenvalue weighted by Crippen LogP contribution is -2.49. The van der Waals surface area contributed by atoms with Crippen LogP contribution in [-0.2, 0) is 0 Å². The molecule has 4 rings (SSSR count). The van der Waals surface area contributed by atoms with Crippen LogP contribution in [0.15, 0.2) is 66.7 Å². The van der Waals surface area contributed by atoms with Gasteiger partial charge in [-0.15, -0.1) is 0 Å². The van der Waals surface area contributed by atoms with E-state index in [-0.39, 0.29) is 6.04 Å². The molecule has 1 fully saturated rings. The van der Waals surface area contributed by atoms with Crippen LogP contribution >= 0.6 is 23.2 Å². The van der Waals surface area contributed by atoms with Gasteiger partial charge in [-0.2, -0.15) is 5.26 Å². The number of benzene rings is 3. The molecule has 0 spiro atoms. The van der Waals surface area contributed by atoms with Crippen molar-refractivity contribution in [1.29, 1.82) is 5.26 Å². The molecule has 0 aliphatic carbocycles. The summed E-state index contributed by atoms with van der Waals surface area (Å²) in [4.78, 5) is 4.49. The van der Waals surface area contributed by atoms with E-state index in [1.807, 2.05) is 48.5 Å². The Hall–Kier alpha value is -2.75. The third-order valence-electron chi connectivity index (χ3n) is 5.86. The summed E-state index contributed by atoms with van der Waals surface area (Å²) in [5, 5.41) is 21.7. The van der Waals surface area contributed by atoms with Crippen molar-refractivity contribution in [2.24, 2.45) is 0 Å². The van der Waals surface area contributed by atoms with E-state index in [9.17, 15) is 10.4 Å². The average Bonchev–Trinajstić information content (AvgIpc) is 2.80. The zero-order chi connectivity index (χ0) is 22.7. The number of nitrogens with zero attached hydrogens (tertiary/aromatic N) is 3. The molecule has 1 saturated heterocycles. The highest BCUT2D eigenvalue weighted by molar-refractivity contribution is 6.31. The Bertz CT molecular complexity index is 1110. The van der Waals surface area contributed by atoms with Crippen LogP contribution in [0, 0.1) is 11.3 Å². The van der Waals surface area contributed by atoms with Crippen molar-refractivity contribution in [2.45, 2.75) is 12.1 Å². The van der Waals surface area contributed by atoms with Crippen LogP contribution in [0.4, 0.5) is 11.4 Å². The first kappa shape index (κ1) is 22.4. The average molecular weight is 467 g/mol. The fourth-order valence-corrected chi connectivity index (χ4v) is 4.48. The third kappa shape index (κ3) is 5.01. The predicted octanol–water partition coefficient (Wildman–Crippen LogP) is 5.04. The molecule has 0 amide bonds. The van der Waals surface area contributed by atoms with E-state index < -0.39 is 6.10 Å². The second-order valence-corrected chi connectivity index (χ2v) is 8.85. The van der Waals surface area contributed by atoms with Crippen molar-refractivity contribution >= 4 is 34.6 Å². The predicted molar refractivity (Wildman–Crippen MR) is 130 cm³/mol. The first-order valence-electron chi connectivity index (χ1n) is 10.4. The molecular weight excluding hydrogens is 443 g/mol. The summed E-state index contributed by atoms with van der Waals surface area (Å²) < 4.78 is 0. The molecule has 0 radical (unpaired) electrons. The van der Waals surface area contributed by atoms with Crippen molar-refractivity contribution in [1.82, 2.24) is 4.90 Å². The normalized spacial score (nSPS) is 17.7.